The van der Waals surface area contributed by atoms with Crippen molar-refractivity contribution in [2.45, 2.75) is 51.6 Å². The van der Waals surface area contributed by atoms with Gasteiger partial charge in [0.25, 0.3) is 0 Å². The van der Waals surface area contributed by atoms with Crippen LogP contribution in [0.1, 0.15) is 47.9 Å². The molecule has 1 nitrogen and oxygen atoms in total. The van der Waals surface area contributed by atoms with Crippen molar-refractivity contribution in [1.29, 1.82) is 0 Å². The van der Waals surface area contributed by atoms with Crippen LogP contribution in [0.15, 0.2) is 48.5 Å². The van der Waals surface area contributed by atoms with Crippen molar-refractivity contribution >= 4 is 0 Å². The van der Waals surface area contributed by atoms with Crippen LogP contribution in [-0.2, 0) is 13.0 Å². The summed E-state index contributed by atoms with van der Waals surface area (Å²) in [5.41, 5.74) is 5.67. The molecule has 2 aromatic carbocycles. The van der Waals surface area contributed by atoms with Gasteiger partial charge in [0, 0.05) is 12.6 Å². The SMILES string of the molecule is CCc1ccc(CNC2CC(c3ccc(C)cc3)C2)cc1. The molecule has 21 heavy (non-hydrogen) atoms. The van der Waals surface area contributed by atoms with Crippen LogP contribution in [-0.4, -0.2) is 6.04 Å². The van der Waals surface area contributed by atoms with Crippen molar-refractivity contribution in [2.75, 3.05) is 0 Å². The standard InChI is InChI=1S/C20H25N/c1-3-16-6-8-17(9-7-16)14-21-20-12-19(13-20)18-10-4-15(2)5-11-18/h4-11,19-21H,3,12-14H2,1-2H3. The topological polar surface area (TPSA) is 12.0 Å². The molecule has 1 aliphatic carbocycles. The molecule has 1 saturated carbocycles. The summed E-state index contributed by atoms with van der Waals surface area (Å²) in [6.45, 7) is 5.35. The minimum Gasteiger partial charge on any atom is -0.310 e. The second-order valence-electron chi connectivity index (χ2n) is 6.33. The summed E-state index contributed by atoms with van der Waals surface area (Å²) >= 11 is 0. The molecule has 0 radical (unpaired) electrons. The highest BCUT2D eigenvalue weighted by Gasteiger charge is 2.29. The third kappa shape index (κ3) is 3.54. The number of benzene rings is 2. The van der Waals surface area contributed by atoms with Gasteiger partial charge in [-0.15, -0.1) is 0 Å². The molecule has 0 amide bonds. The maximum Gasteiger partial charge on any atom is 0.0208 e. The lowest BCUT2D eigenvalue weighted by Gasteiger charge is -2.36. The quantitative estimate of drug-likeness (QED) is 0.844. The van der Waals surface area contributed by atoms with Crippen LogP contribution in [0.4, 0.5) is 0 Å². The predicted octanol–water partition coefficient (Wildman–Crippen LogP) is 4.59. The first-order valence-corrected chi connectivity index (χ1v) is 8.12. The Morgan fingerprint density at radius 2 is 1.52 bits per heavy atom. The summed E-state index contributed by atoms with van der Waals surface area (Å²) in [5, 5.41) is 3.68. The molecule has 2 aromatic rings. The summed E-state index contributed by atoms with van der Waals surface area (Å²) in [7, 11) is 0. The van der Waals surface area contributed by atoms with E-state index in [1.165, 1.54) is 35.1 Å². The lowest BCUT2D eigenvalue weighted by molar-refractivity contribution is 0.289. The van der Waals surface area contributed by atoms with E-state index in [0.29, 0.717) is 6.04 Å². The first-order chi connectivity index (χ1) is 10.2. The van der Waals surface area contributed by atoms with Crippen molar-refractivity contribution in [3.63, 3.8) is 0 Å². The third-order valence-electron chi connectivity index (χ3n) is 4.71. The summed E-state index contributed by atoms with van der Waals surface area (Å²) < 4.78 is 0. The molecule has 3 rings (SSSR count). The fourth-order valence-corrected chi connectivity index (χ4v) is 3.05. The molecule has 0 atom stereocenters. The molecule has 0 heterocycles. The van der Waals surface area contributed by atoms with E-state index in [4.69, 9.17) is 0 Å². The second-order valence-corrected chi connectivity index (χ2v) is 6.33. The van der Waals surface area contributed by atoms with Crippen LogP contribution in [0, 0.1) is 6.92 Å². The van der Waals surface area contributed by atoms with Gasteiger partial charge in [0.2, 0.25) is 0 Å². The van der Waals surface area contributed by atoms with Gasteiger partial charge in [-0.1, -0.05) is 61.0 Å². The van der Waals surface area contributed by atoms with Crippen LogP contribution in [0.2, 0.25) is 0 Å². The van der Waals surface area contributed by atoms with Crippen LogP contribution >= 0.6 is 0 Å². The zero-order chi connectivity index (χ0) is 14.7. The Bertz CT molecular complexity index is 562. The maximum absolute atomic E-state index is 3.68. The summed E-state index contributed by atoms with van der Waals surface area (Å²) in [6.07, 6.45) is 3.67. The number of aryl methyl sites for hydroxylation is 2. The van der Waals surface area contributed by atoms with Gasteiger partial charge in [-0.05, 0) is 48.8 Å². The smallest absolute Gasteiger partial charge is 0.0208 e. The lowest BCUT2D eigenvalue weighted by Crippen LogP contribution is -2.39. The van der Waals surface area contributed by atoms with E-state index in [9.17, 15) is 0 Å². The average molecular weight is 279 g/mol. The molecule has 1 heteroatoms. The Kier molecular flexibility index (Phi) is 4.40. The van der Waals surface area contributed by atoms with Crippen molar-refractivity contribution in [1.82, 2.24) is 5.32 Å². The summed E-state index contributed by atoms with van der Waals surface area (Å²) in [6, 6.07) is 18.7. The summed E-state index contributed by atoms with van der Waals surface area (Å²) in [5.74, 6) is 0.755. The molecule has 0 bridgehead atoms. The van der Waals surface area contributed by atoms with Gasteiger partial charge < -0.3 is 5.32 Å². The number of rotatable bonds is 5. The number of hydrogen-bond donors (Lipinski definition) is 1. The molecule has 1 N–H and O–H groups in total. The molecule has 110 valence electrons. The van der Waals surface area contributed by atoms with Crippen LogP contribution in [0.5, 0.6) is 0 Å². The predicted molar refractivity (Wildman–Crippen MR) is 89.6 cm³/mol. The van der Waals surface area contributed by atoms with Gasteiger partial charge in [-0.25, -0.2) is 0 Å². The molecule has 0 unspecified atom stereocenters. The normalized spacial score (nSPS) is 21.0. The van der Waals surface area contributed by atoms with Gasteiger partial charge in [0.1, 0.15) is 0 Å². The second kappa shape index (κ2) is 6.44. The highest BCUT2D eigenvalue weighted by Crippen LogP contribution is 2.36. The van der Waals surface area contributed by atoms with Crippen molar-refractivity contribution in [2.24, 2.45) is 0 Å². The first-order valence-electron chi connectivity index (χ1n) is 8.12. The van der Waals surface area contributed by atoms with Crippen LogP contribution in [0.3, 0.4) is 0 Å². The Morgan fingerprint density at radius 3 is 2.14 bits per heavy atom. The van der Waals surface area contributed by atoms with E-state index in [1.54, 1.807) is 0 Å². The third-order valence-corrected chi connectivity index (χ3v) is 4.71. The lowest BCUT2D eigenvalue weighted by atomic mass is 9.75. The van der Waals surface area contributed by atoms with E-state index in [1.807, 2.05) is 0 Å². The molecule has 0 aromatic heterocycles. The van der Waals surface area contributed by atoms with Crippen LogP contribution in [0.25, 0.3) is 0 Å². The van der Waals surface area contributed by atoms with Crippen molar-refractivity contribution in [3.05, 3.63) is 70.8 Å². The van der Waals surface area contributed by atoms with Crippen molar-refractivity contribution < 1.29 is 0 Å². The van der Waals surface area contributed by atoms with Crippen molar-refractivity contribution in [3.8, 4) is 0 Å². The number of nitrogens with one attached hydrogen (secondary N) is 1. The molecular weight excluding hydrogens is 254 g/mol. The average Bonchev–Trinajstić information content (AvgIpc) is 2.48. The molecule has 0 saturated heterocycles. The minimum absolute atomic E-state index is 0.683. The van der Waals surface area contributed by atoms with E-state index in [2.05, 4.69) is 67.7 Å². The Balaban J connectivity index is 1.45. The molecule has 0 aliphatic heterocycles. The molecule has 0 spiro atoms. The van der Waals surface area contributed by atoms with E-state index in [-0.39, 0.29) is 0 Å². The highest BCUT2D eigenvalue weighted by molar-refractivity contribution is 5.27. The Morgan fingerprint density at radius 1 is 0.905 bits per heavy atom. The molecule has 1 aliphatic rings. The Hall–Kier alpha value is -1.60. The zero-order valence-corrected chi connectivity index (χ0v) is 13.1. The van der Waals surface area contributed by atoms with Gasteiger partial charge >= 0.3 is 0 Å². The first kappa shape index (κ1) is 14.3. The fraction of sp³-hybridized carbons (Fsp3) is 0.400. The van der Waals surface area contributed by atoms with Gasteiger partial charge in [-0.2, -0.15) is 0 Å². The largest absolute Gasteiger partial charge is 0.310 e. The number of hydrogen-bond acceptors (Lipinski definition) is 1. The monoisotopic (exact) mass is 279 g/mol. The minimum atomic E-state index is 0.683. The maximum atomic E-state index is 3.68. The van der Waals surface area contributed by atoms with Gasteiger partial charge in [0.15, 0.2) is 0 Å². The highest BCUT2D eigenvalue weighted by atomic mass is 14.9. The van der Waals surface area contributed by atoms with E-state index >= 15 is 0 Å². The zero-order valence-electron chi connectivity index (χ0n) is 13.1. The van der Waals surface area contributed by atoms with Crippen LogP contribution < -0.4 is 5.32 Å². The van der Waals surface area contributed by atoms with Gasteiger partial charge in [-0.3, -0.25) is 0 Å². The molecule has 1 fully saturated rings. The van der Waals surface area contributed by atoms with Gasteiger partial charge in [0.05, 0.1) is 0 Å². The van der Waals surface area contributed by atoms with E-state index < -0.39 is 0 Å². The molecular formula is C20H25N. The Labute approximate surface area is 128 Å². The van der Waals surface area contributed by atoms with E-state index in [0.717, 1.165) is 18.9 Å². The fourth-order valence-electron chi connectivity index (χ4n) is 3.05. The summed E-state index contributed by atoms with van der Waals surface area (Å²) in [4.78, 5) is 0.